The minimum absolute atomic E-state index is 0.569. The zero-order valence-electron chi connectivity index (χ0n) is 33.9. The minimum Gasteiger partial charge on any atom is -0.310 e. The number of benzene rings is 8. The van der Waals surface area contributed by atoms with Gasteiger partial charge in [-0.25, -0.2) is 4.98 Å². The van der Waals surface area contributed by atoms with Crippen LogP contribution in [0.4, 0.5) is 51.4 Å². The number of rotatable bonds is 7. The summed E-state index contributed by atoms with van der Waals surface area (Å²) in [6.45, 7) is 0. The summed E-state index contributed by atoms with van der Waals surface area (Å²) < 4.78 is 0. The van der Waals surface area contributed by atoms with Gasteiger partial charge in [0.15, 0.2) is 8.07 Å². The molecule has 2 aliphatic rings. The van der Waals surface area contributed by atoms with E-state index < -0.39 is 8.07 Å². The Bertz CT molecular complexity index is 3060. The lowest BCUT2D eigenvalue weighted by Crippen LogP contribution is -2.77. The molecule has 3 heterocycles. The molecule has 0 bridgehead atoms. The summed E-state index contributed by atoms with van der Waals surface area (Å²) in [6.07, 6.45) is 0. The first-order valence-electron chi connectivity index (χ1n) is 20.7. The summed E-state index contributed by atoms with van der Waals surface area (Å²) >= 11 is 1.76. The number of fused-ring (bicyclic) bond motifs is 4. The summed E-state index contributed by atoms with van der Waals surface area (Å²) in [5, 5.41) is 24.8. The standard InChI is InChI=1S/C55H36N6SSi/c56-37-39-27-31-41(32-28-39)59(42-33-29-40(38-57)30-34-42)43-35-54(60-46-19-7-11-23-50(46)62-51-24-12-8-20-47(51)60)58-55(36-43)61-48-21-9-13-25-52(48)63(44-15-3-1-4-16-44,45-17-5-2-6-18-45)53-26-14-10-22-49(53)61/h1-36H. The molecule has 8 aromatic carbocycles. The van der Waals surface area contributed by atoms with Gasteiger partial charge in [0.25, 0.3) is 0 Å². The molecule has 0 amide bonds. The van der Waals surface area contributed by atoms with Crippen LogP contribution in [0.3, 0.4) is 0 Å². The zero-order valence-corrected chi connectivity index (χ0v) is 35.7. The molecule has 0 atom stereocenters. The van der Waals surface area contributed by atoms with Crippen molar-refractivity contribution in [2.45, 2.75) is 9.79 Å². The van der Waals surface area contributed by atoms with E-state index in [2.05, 4.69) is 197 Å². The molecule has 0 fully saturated rings. The van der Waals surface area contributed by atoms with Crippen LogP contribution in [0.15, 0.2) is 228 Å². The van der Waals surface area contributed by atoms with Crippen molar-refractivity contribution in [1.29, 1.82) is 10.5 Å². The smallest absolute Gasteiger partial charge is 0.184 e. The number of nitrogens with zero attached hydrogens (tertiary/aromatic N) is 6. The lowest BCUT2D eigenvalue weighted by atomic mass is 10.1. The highest BCUT2D eigenvalue weighted by atomic mass is 32.2. The third kappa shape index (κ3) is 6.28. The molecule has 63 heavy (non-hydrogen) atoms. The average molecular weight is 841 g/mol. The van der Waals surface area contributed by atoms with Crippen molar-refractivity contribution in [2.75, 3.05) is 14.7 Å². The van der Waals surface area contributed by atoms with Crippen LogP contribution in [-0.2, 0) is 0 Å². The lowest BCUT2D eigenvalue weighted by Gasteiger charge is -2.45. The number of anilines is 9. The van der Waals surface area contributed by atoms with Crippen LogP contribution in [0.2, 0.25) is 0 Å². The first-order chi connectivity index (χ1) is 31.1. The Labute approximate surface area is 371 Å². The Morgan fingerprint density at radius 1 is 0.413 bits per heavy atom. The second-order valence-corrected chi connectivity index (χ2v) is 20.2. The number of nitriles is 2. The van der Waals surface area contributed by atoms with Crippen LogP contribution in [0.5, 0.6) is 0 Å². The second kappa shape index (κ2) is 15.7. The number of aromatic nitrogens is 1. The van der Waals surface area contributed by atoms with Crippen LogP contribution in [0.25, 0.3) is 0 Å². The Morgan fingerprint density at radius 3 is 1.24 bits per heavy atom. The van der Waals surface area contributed by atoms with Gasteiger partial charge in [0.05, 0.1) is 40.3 Å². The fourth-order valence-electron chi connectivity index (χ4n) is 9.27. The van der Waals surface area contributed by atoms with Crippen LogP contribution in [-0.4, -0.2) is 13.1 Å². The van der Waals surface area contributed by atoms with E-state index in [0.29, 0.717) is 11.1 Å². The molecular formula is C55H36N6SSi. The molecule has 11 rings (SSSR count). The van der Waals surface area contributed by atoms with E-state index in [4.69, 9.17) is 4.98 Å². The Morgan fingerprint density at radius 2 is 0.794 bits per heavy atom. The summed E-state index contributed by atoms with van der Waals surface area (Å²) in [5.41, 5.74) is 7.94. The van der Waals surface area contributed by atoms with Gasteiger partial charge < -0.3 is 4.90 Å². The molecule has 296 valence electrons. The average Bonchev–Trinajstić information content (AvgIpc) is 3.35. The Balaban J connectivity index is 1.22. The zero-order chi connectivity index (χ0) is 42.3. The molecule has 0 unspecified atom stereocenters. The monoisotopic (exact) mass is 840 g/mol. The van der Waals surface area contributed by atoms with Crippen molar-refractivity contribution in [3.63, 3.8) is 0 Å². The Hall–Kier alpha value is -8.14. The van der Waals surface area contributed by atoms with Crippen molar-refractivity contribution in [2.24, 2.45) is 0 Å². The quantitative estimate of drug-likeness (QED) is 0.148. The van der Waals surface area contributed by atoms with Crippen LogP contribution in [0, 0.1) is 22.7 Å². The predicted octanol–water partition coefficient (Wildman–Crippen LogP) is 11.4. The molecule has 0 N–H and O–H groups in total. The van der Waals surface area contributed by atoms with Gasteiger partial charge in [-0.15, -0.1) is 0 Å². The molecule has 9 aromatic rings. The van der Waals surface area contributed by atoms with Gasteiger partial charge >= 0.3 is 0 Å². The van der Waals surface area contributed by atoms with Crippen LogP contribution >= 0.6 is 11.8 Å². The maximum absolute atomic E-state index is 9.81. The molecule has 0 aliphatic carbocycles. The van der Waals surface area contributed by atoms with Crippen LogP contribution < -0.4 is 35.4 Å². The summed E-state index contributed by atoms with van der Waals surface area (Å²) in [4.78, 5) is 14.8. The largest absolute Gasteiger partial charge is 0.310 e. The summed E-state index contributed by atoms with van der Waals surface area (Å²) in [7, 11) is -2.90. The minimum atomic E-state index is -2.90. The highest BCUT2D eigenvalue weighted by Gasteiger charge is 2.49. The Kier molecular flexibility index (Phi) is 9.43. The van der Waals surface area contributed by atoms with Crippen molar-refractivity contribution in [3.05, 3.63) is 230 Å². The molecule has 1 aromatic heterocycles. The normalized spacial score (nSPS) is 13.0. The SMILES string of the molecule is N#Cc1ccc(N(c2ccc(C#N)cc2)c2cc(N3c4ccccc4Sc4ccccc43)nc(N3c4ccccc4[Si](c4ccccc4)(c4ccccc4)c4ccccc43)c2)cc1. The van der Waals surface area contributed by atoms with Gasteiger partial charge in [-0.3, -0.25) is 9.80 Å². The van der Waals surface area contributed by atoms with Gasteiger partial charge in [0.1, 0.15) is 11.6 Å². The molecule has 0 radical (unpaired) electrons. The van der Waals surface area contributed by atoms with E-state index in [0.717, 1.165) is 61.2 Å². The molecule has 0 saturated heterocycles. The highest BCUT2D eigenvalue weighted by molar-refractivity contribution is 7.99. The topological polar surface area (TPSA) is 70.2 Å². The molecule has 2 aliphatic heterocycles. The van der Waals surface area contributed by atoms with Crippen molar-refractivity contribution in [3.8, 4) is 12.1 Å². The van der Waals surface area contributed by atoms with Crippen molar-refractivity contribution in [1.82, 2.24) is 4.98 Å². The number of hydrogen-bond acceptors (Lipinski definition) is 7. The van der Waals surface area contributed by atoms with Gasteiger partial charge in [0.2, 0.25) is 0 Å². The summed E-state index contributed by atoms with van der Waals surface area (Å²) in [6, 6.07) is 81.0. The molecular weight excluding hydrogens is 805 g/mol. The maximum atomic E-state index is 9.81. The van der Waals surface area contributed by atoms with E-state index in [-0.39, 0.29) is 0 Å². The van der Waals surface area contributed by atoms with Gasteiger partial charge in [-0.05, 0) is 106 Å². The van der Waals surface area contributed by atoms with Gasteiger partial charge in [0, 0.05) is 44.7 Å². The van der Waals surface area contributed by atoms with Crippen molar-refractivity contribution < 1.29 is 0 Å². The molecule has 0 saturated carbocycles. The fourth-order valence-corrected chi connectivity index (χ4v) is 15.4. The third-order valence-corrected chi connectivity index (χ3v) is 17.9. The van der Waals surface area contributed by atoms with Gasteiger partial charge in [-0.1, -0.05) is 133 Å². The summed E-state index contributed by atoms with van der Waals surface area (Å²) in [5.74, 6) is 1.48. The first kappa shape index (κ1) is 37.8. The van der Waals surface area contributed by atoms with Gasteiger partial charge in [-0.2, -0.15) is 10.5 Å². The first-order valence-corrected chi connectivity index (χ1v) is 23.6. The number of pyridine rings is 1. The van der Waals surface area contributed by atoms with E-state index in [1.54, 1.807) is 11.8 Å². The highest BCUT2D eigenvalue weighted by Crippen LogP contribution is 2.52. The van der Waals surface area contributed by atoms with E-state index in [1.807, 2.05) is 48.5 Å². The van der Waals surface area contributed by atoms with Crippen LogP contribution in [0.1, 0.15) is 11.1 Å². The second-order valence-electron chi connectivity index (χ2n) is 15.4. The maximum Gasteiger partial charge on any atom is 0.184 e. The molecule has 8 heteroatoms. The van der Waals surface area contributed by atoms with Crippen molar-refractivity contribution >= 4 is 92.0 Å². The van der Waals surface area contributed by atoms with E-state index in [1.165, 1.54) is 20.7 Å². The predicted molar refractivity (Wildman–Crippen MR) is 259 cm³/mol. The molecule has 6 nitrogen and oxygen atoms in total. The molecule has 0 spiro atoms. The number of para-hydroxylation sites is 4. The lowest BCUT2D eigenvalue weighted by molar-refractivity contribution is 1.09. The fraction of sp³-hybridized carbons (Fsp3) is 0. The third-order valence-electron chi connectivity index (χ3n) is 12.0. The van der Waals surface area contributed by atoms with E-state index >= 15 is 0 Å². The van der Waals surface area contributed by atoms with E-state index in [9.17, 15) is 10.5 Å². The number of hydrogen-bond donors (Lipinski definition) is 0.